The summed E-state index contributed by atoms with van der Waals surface area (Å²) in [6, 6.07) is 13.5. The van der Waals surface area contributed by atoms with Crippen molar-refractivity contribution in [1.29, 1.82) is 0 Å². The molecule has 0 aliphatic carbocycles. The van der Waals surface area contributed by atoms with Crippen molar-refractivity contribution in [3.8, 4) is 0 Å². The van der Waals surface area contributed by atoms with Crippen LogP contribution in [-0.2, 0) is 0 Å². The van der Waals surface area contributed by atoms with E-state index in [2.05, 4.69) is 10.2 Å². The van der Waals surface area contributed by atoms with E-state index in [1.165, 1.54) is 5.56 Å². The summed E-state index contributed by atoms with van der Waals surface area (Å²) < 4.78 is 0. The second-order valence-electron chi connectivity index (χ2n) is 5.85. The van der Waals surface area contributed by atoms with Crippen LogP contribution >= 0.6 is 0 Å². The number of carbonyl (C=O) groups is 2. The lowest BCUT2D eigenvalue weighted by atomic mass is 9.92. The molecule has 0 saturated heterocycles. The van der Waals surface area contributed by atoms with Gasteiger partial charge in [-0.15, -0.1) is 0 Å². The summed E-state index contributed by atoms with van der Waals surface area (Å²) in [6.45, 7) is 2.66. The van der Waals surface area contributed by atoms with Crippen LogP contribution in [0.1, 0.15) is 44.4 Å². The fraction of sp³-hybridized carbons (Fsp3) is 0.222. The molecule has 1 amide bonds. The second kappa shape index (κ2) is 4.70. The Labute approximate surface area is 128 Å². The molecule has 110 valence electrons. The topological polar surface area (TPSA) is 49.4 Å². The van der Waals surface area contributed by atoms with E-state index in [9.17, 15) is 9.59 Å². The molecule has 0 radical (unpaired) electrons. The van der Waals surface area contributed by atoms with Crippen LogP contribution < -0.4 is 10.2 Å². The zero-order chi connectivity index (χ0) is 15.3. The lowest BCUT2D eigenvalue weighted by Gasteiger charge is -2.42. The molecule has 0 bridgehead atoms. The van der Waals surface area contributed by atoms with E-state index in [0.717, 1.165) is 11.3 Å². The third-order valence-electron chi connectivity index (χ3n) is 4.42. The van der Waals surface area contributed by atoms with E-state index in [4.69, 9.17) is 0 Å². The number of para-hydroxylation sites is 1. The highest BCUT2D eigenvalue weighted by Crippen LogP contribution is 2.39. The predicted molar refractivity (Wildman–Crippen MR) is 84.1 cm³/mol. The van der Waals surface area contributed by atoms with Gasteiger partial charge in [-0.25, -0.2) is 0 Å². The lowest BCUT2D eigenvalue weighted by Crippen LogP contribution is -2.49. The van der Waals surface area contributed by atoms with Crippen molar-refractivity contribution in [2.75, 3.05) is 11.4 Å². The molecule has 2 aliphatic heterocycles. The van der Waals surface area contributed by atoms with Gasteiger partial charge in [0.15, 0.2) is 5.78 Å². The summed E-state index contributed by atoms with van der Waals surface area (Å²) in [5.74, 6) is -0.00108. The molecular formula is C18H16N2O2. The molecule has 0 aromatic heterocycles. The highest BCUT2D eigenvalue weighted by molar-refractivity contribution is 6.11. The lowest BCUT2D eigenvalue weighted by molar-refractivity contribution is 0.0921. The van der Waals surface area contributed by atoms with Crippen molar-refractivity contribution >= 4 is 17.4 Å². The largest absolute Gasteiger partial charge is 0.346 e. The van der Waals surface area contributed by atoms with Gasteiger partial charge >= 0.3 is 0 Å². The molecule has 1 unspecified atom stereocenters. The maximum absolute atomic E-state index is 12.4. The molecule has 2 aromatic rings. The van der Waals surface area contributed by atoms with Gasteiger partial charge in [-0.2, -0.15) is 0 Å². The van der Waals surface area contributed by atoms with Crippen molar-refractivity contribution in [1.82, 2.24) is 5.32 Å². The van der Waals surface area contributed by atoms with Crippen LogP contribution in [0, 0.1) is 6.92 Å². The third kappa shape index (κ3) is 1.84. The number of carbonyl (C=O) groups excluding carboxylic acids is 2. The van der Waals surface area contributed by atoms with E-state index in [1.807, 2.05) is 37.3 Å². The van der Waals surface area contributed by atoms with Crippen molar-refractivity contribution < 1.29 is 9.59 Å². The van der Waals surface area contributed by atoms with Crippen molar-refractivity contribution in [2.45, 2.75) is 19.5 Å². The zero-order valence-corrected chi connectivity index (χ0v) is 12.3. The number of ketones is 1. The van der Waals surface area contributed by atoms with Crippen LogP contribution in [0.15, 0.2) is 42.5 Å². The van der Waals surface area contributed by atoms with Gasteiger partial charge in [0.1, 0.15) is 6.17 Å². The summed E-state index contributed by atoms with van der Waals surface area (Å²) in [5, 5.41) is 3.06. The number of hydrogen-bond acceptors (Lipinski definition) is 3. The van der Waals surface area contributed by atoms with Gasteiger partial charge in [-0.05, 0) is 24.6 Å². The molecule has 0 fully saturated rings. The smallest absolute Gasteiger partial charge is 0.255 e. The molecule has 4 rings (SSSR count). The number of nitrogens with one attached hydrogen (secondary N) is 1. The number of nitrogens with zero attached hydrogens (tertiary/aromatic N) is 1. The Balaban J connectivity index is 1.87. The number of amides is 1. The first-order chi connectivity index (χ1) is 10.6. The molecule has 0 saturated carbocycles. The van der Waals surface area contributed by atoms with E-state index >= 15 is 0 Å². The average Bonchev–Trinajstić information content (AvgIpc) is 2.53. The van der Waals surface area contributed by atoms with E-state index in [-0.39, 0.29) is 17.9 Å². The number of hydrogen-bond donors (Lipinski definition) is 1. The highest BCUT2D eigenvalue weighted by Gasteiger charge is 2.37. The molecule has 2 heterocycles. The maximum atomic E-state index is 12.4. The Morgan fingerprint density at radius 1 is 1.05 bits per heavy atom. The monoisotopic (exact) mass is 292 g/mol. The van der Waals surface area contributed by atoms with Gasteiger partial charge in [0.05, 0.1) is 11.3 Å². The fourth-order valence-corrected chi connectivity index (χ4v) is 3.28. The molecule has 2 aliphatic rings. The van der Waals surface area contributed by atoms with Gasteiger partial charge in [0, 0.05) is 18.5 Å². The Morgan fingerprint density at radius 3 is 2.55 bits per heavy atom. The molecule has 4 heteroatoms. The molecule has 2 aromatic carbocycles. The third-order valence-corrected chi connectivity index (χ3v) is 4.42. The van der Waals surface area contributed by atoms with Crippen LogP contribution in [0.5, 0.6) is 0 Å². The van der Waals surface area contributed by atoms with Gasteiger partial charge < -0.3 is 10.2 Å². The summed E-state index contributed by atoms with van der Waals surface area (Å²) in [5.41, 5.74) is 4.26. The first-order valence-electron chi connectivity index (χ1n) is 7.45. The minimum absolute atomic E-state index is 0.116. The van der Waals surface area contributed by atoms with Crippen LogP contribution in [0.25, 0.3) is 0 Å². The van der Waals surface area contributed by atoms with E-state index in [0.29, 0.717) is 24.1 Å². The Kier molecular flexibility index (Phi) is 2.79. The summed E-state index contributed by atoms with van der Waals surface area (Å²) in [4.78, 5) is 26.7. The van der Waals surface area contributed by atoms with E-state index < -0.39 is 0 Å². The molecule has 4 nitrogen and oxygen atoms in total. The Bertz CT molecular complexity index is 766. The van der Waals surface area contributed by atoms with Gasteiger partial charge in [0.25, 0.3) is 5.91 Å². The zero-order valence-electron chi connectivity index (χ0n) is 12.3. The summed E-state index contributed by atoms with van der Waals surface area (Å²) >= 11 is 0. The highest BCUT2D eigenvalue weighted by atomic mass is 16.2. The second-order valence-corrected chi connectivity index (χ2v) is 5.85. The first-order valence-corrected chi connectivity index (χ1v) is 7.45. The average molecular weight is 292 g/mol. The quantitative estimate of drug-likeness (QED) is 0.879. The van der Waals surface area contributed by atoms with Crippen molar-refractivity contribution in [3.05, 3.63) is 64.7 Å². The number of rotatable bonds is 1. The van der Waals surface area contributed by atoms with Crippen LogP contribution in [0.4, 0.5) is 5.69 Å². The molecule has 22 heavy (non-hydrogen) atoms. The number of aryl methyl sites for hydroxylation is 1. The maximum Gasteiger partial charge on any atom is 0.255 e. The predicted octanol–water partition coefficient (Wildman–Crippen LogP) is 2.83. The molecular weight excluding hydrogens is 276 g/mol. The minimum atomic E-state index is -0.213. The molecule has 1 atom stereocenters. The van der Waals surface area contributed by atoms with Crippen LogP contribution in [-0.4, -0.2) is 18.2 Å². The SMILES string of the molecule is Cc1ccc(C2NC(=O)c3cccc4c3N2CCC4=O)cc1. The molecule has 1 N–H and O–H groups in total. The number of Topliss-reactive ketones (excluding diaryl/α,β-unsaturated/α-hetero) is 1. The minimum Gasteiger partial charge on any atom is -0.346 e. The standard InChI is InChI=1S/C18H16N2O2/c1-11-5-7-12(8-6-11)17-19-18(22)14-4-2-3-13-15(21)9-10-20(17)16(13)14/h2-8,17H,9-10H2,1H3,(H,19,22). The van der Waals surface area contributed by atoms with Gasteiger partial charge in [0.2, 0.25) is 0 Å². The fourth-order valence-electron chi connectivity index (χ4n) is 3.28. The van der Waals surface area contributed by atoms with Crippen LogP contribution in [0.2, 0.25) is 0 Å². The van der Waals surface area contributed by atoms with Gasteiger partial charge in [-0.3, -0.25) is 9.59 Å². The van der Waals surface area contributed by atoms with Crippen LogP contribution in [0.3, 0.4) is 0 Å². The van der Waals surface area contributed by atoms with Gasteiger partial charge in [-0.1, -0.05) is 35.9 Å². The first kappa shape index (κ1) is 13.1. The number of anilines is 1. The molecule has 0 spiro atoms. The Hall–Kier alpha value is -2.62. The summed E-state index contributed by atoms with van der Waals surface area (Å²) in [7, 11) is 0. The van der Waals surface area contributed by atoms with Crippen molar-refractivity contribution in [2.24, 2.45) is 0 Å². The summed E-state index contributed by atoms with van der Waals surface area (Å²) in [6.07, 6.45) is 0.268. The van der Waals surface area contributed by atoms with E-state index in [1.54, 1.807) is 12.1 Å². The Morgan fingerprint density at radius 2 is 1.77 bits per heavy atom. The normalized spacial score (nSPS) is 19.7. The number of benzene rings is 2. The van der Waals surface area contributed by atoms with Crippen molar-refractivity contribution in [3.63, 3.8) is 0 Å².